The molecule has 0 bridgehead atoms. The van der Waals surface area contributed by atoms with Crippen LogP contribution in [0, 0.1) is 5.92 Å². The molecule has 0 amide bonds. The molecule has 2 nitrogen and oxygen atoms in total. The highest BCUT2D eigenvalue weighted by molar-refractivity contribution is 6.58. The van der Waals surface area contributed by atoms with E-state index in [4.69, 9.17) is 10.0 Å². The van der Waals surface area contributed by atoms with E-state index >= 15 is 0 Å². The van der Waals surface area contributed by atoms with E-state index in [1.165, 1.54) is 5.56 Å². The second kappa shape index (κ2) is 5.18. The minimum Gasteiger partial charge on any atom is -0.423 e. The Hall–Kier alpha value is -0.795. The van der Waals surface area contributed by atoms with Gasteiger partial charge in [-0.25, -0.2) is 0 Å². The van der Waals surface area contributed by atoms with Crippen molar-refractivity contribution in [2.45, 2.75) is 26.7 Å². The van der Waals surface area contributed by atoms with Crippen molar-refractivity contribution in [1.29, 1.82) is 0 Å². The third-order valence-electron chi connectivity index (χ3n) is 2.26. The quantitative estimate of drug-likeness (QED) is 0.697. The van der Waals surface area contributed by atoms with Gasteiger partial charge in [0.1, 0.15) is 0 Å². The van der Waals surface area contributed by atoms with Gasteiger partial charge in [0.2, 0.25) is 0 Å². The van der Waals surface area contributed by atoms with Gasteiger partial charge in [0.15, 0.2) is 0 Å². The second-order valence-corrected chi connectivity index (χ2v) is 4.05. The lowest BCUT2D eigenvalue weighted by atomic mass is 9.79. The van der Waals surface area contributed by atoms with Crippen LogP contribution in [-0.2, 0) is 6.42 Å². The van der Waals surface area contributed by atoms with Crippen molar-refractivity contribution in [2.75, 3.05) is 0 Å². The van der Waals surface area contributed by atoms with Crippen LogP contribution in [0.1, 0.15) is 25.8 Å². The van der Waals surface area contributed by atoms with Gasteiger partial charge in [0, 0.05) is 0 Å². The minimum atomic E-state index is -1.35. The summed E-state index contributed by atoms with van der Waals surface area (Å²) in [6.45, 7) is 4.37. The Kier molecular flexibility index (Phi) is 4.17. The van der Waals surface area contributed by atoms with E-state index in [1.54, 1.807) is 6.07 Å². The second-order valence-electron chi connectivity index (χ2n) is 4.05. The molecule has 0 heterocycles. The molecule has 0 aromatic heterocycles. The van der Waals surface area contributed by atoms with Crippen LogP contribution < -0.4 is 5.46 Å². The lowest BCUT2D eigenvalue weighted by Crippen LogP contribution is -2.29. The summed E-state index contributed by atoms with van der Waals surface area (Å²) < 4.78 is 0. The largest absolute Gasteiger partial charge is 0.488 e. The molecule has 1 aromatic carbocycles. The number of aryl methyl sites for hydroxylation is 1. The summed E-state index contributed by atoms with van der Waals surface area (Å²) in [5.41, 5.74) is 1.75. The van der Waals surface area contributed by atoms with E-state index < -0.39 is 7.12 Å². The molecule has 2 N–H and O–H groups in total. The standard InChI is InChI=1S/C11H17BO2/c1-9(2)6-7-10-4-3-5-11(8-10)12(13)14/h3-5,8-9,13-14H,6-7H2,1-2H3. The van der Waals surface area contributed by atoms with Gasteiger partial charge in [-0.1, -0.05) is 38.1 Å². The van der Waals surface area contributed by atoms with Crippen LogP contribution in [0.4, 0.5) is 0 Å². The van der Waals surface area contributed by atoms with E-state index in [0.717, 1.165) is 12.8 Å². The number of rotatable bonds is 4. The van der Waals surface area contributed by atoms with E-state index in [2.05, 4.69) is 13.8 Å². The van der Waals surface area contributed by atoms with Crippen LogP contribution in [0.5, 0.6) is 0 Å². The van der Waals surface area contributed by atoms with Crippen LogP contribution in [0.2, 0.25) is 0 Å². The SMILES string of the molecule is CC(C)CCc1cccc(B(O)O)c1. The smallest absolute Gasteiger partial charge is 0.423 e. The number of hydrogen-bond acceptors (Lipinski definition) is 2. The highest BCUT2D eigenvalue weighted by Crippen LogP contribution is 2.07. The van der Waals surface area contributed by atoms with E-state index in [0.29, 0.717) is 11.4 Å². The maximum atomic E-state index is 8.98. The minimum absolute atomic E-state index is 0.575. The molecule has 0 atom stereocenters. The van der Waals surface area contributed by atoms with Gasteiger partial charge < -0.3 is 10.0 Å². The summed E-state index contributed by atoms with van der Waals surface area (Å²) in [7, 11) is -1.35. The molecule has 14 heavy (non-hydrogen) atoms. The van der Waals surface area contributed by atoms with E-state index in [1.807, 2.05) is 18.2 Å². The molecule has 1 aromatic rings. The summed E-state index contributed by atoms with van der Waals surface area (Å²) in [5.74, 6) is 0.678. The molecule has 3 heteroatoms. The first kappa shape index (κ1) is 11.3. The zero-order valence-electron chi connectivity index (χ0n) is 8.77. The molecule has 0 aliphatic carbocycles. The van der Waals surface area contributed by atoms with Crippen molar-refractivity contribution in [1.82, 2.24) is 0 Å². The van der Waals surface area contributed by atoms with Gasteiger partial charge in [-0.2, -0.15) is 0 Å². The first-order valence-corrected chi connectivity index (χ1v) is 5.04. The molecular formula is C11H17BO2. The molecule has 0 spiro atoms. The molecule has 0 unspecified atom stereocenters. The van der Waals surface area contributed by atoms with Gasteiger partial charge in [-0.3, -0.25) is 0 Å². The van der Waals surface area contributed by atoms with Gasteiger partial charge >= 0.3 is 7.12 Å². The Morgan fingerprint density at radius 3 is 2.57 bits per heavy atom. The topological polar surface area (TPSA) is 40.5 Å². The zero-order chi connectivity index (χ0) is 10.6. The number of hydrogen-bond donors (Lipinski definition) is 2. The van der Waals surface area contributed by atoms with Gasteiger partial charge in [0.25, 0.3) is 0 Å². The average Bonchev–Trinajstić information content (AvgIpc) is 2.15. The van der Waals surface area contributed by atoms with Crippen LogP contribution >= 0.6 is 0 Å². The number of benzene rings is 1. The Bertz CT molecular complexity index is 284. The maximum absolute atomic E-state index is 8.98. The van der Waals surface area contributed by atoms with Crippen LogP contribution in [0.15, 0.2) is 24.3 Å². The van der Waals surface area contributed by atoms with Crippen molar-refractivity contribution in [2.24, 2.45) is 5.92 Å². The van der Waals surface area contributed by atoms with Gasteiger partial charge in [-0.15, -0.1) is 0 Å². The molecular weight excluding hydrogens is 175 g/mol. The van der Waals surface area contributed by atoms with Crippen molar-refractivity contribution in [3.8, 4) is 0 Å². The fraction of sp³-hybridized carbons (Fsp3) is 0.455. The van der Waals surface area contributed by atoms with Crippen LogP contribution in [0.3, 0.4) is 0 Å². The third-order valence-corrected chi connectivity index (χ3v) is 2.26. The summed E-state index contributed by atoms with van der Waals surface area (Å²) in [4.78, 5) is 0. The Balaban J connectivity index is 2.64. The highest BCUT2D eigenvalue weighted by Gasteiger charge is 2.10. The third kappa shape index (κ3) is 3.52. The Morgan fingerprint density at radius 1 is 1.29 bits per heavy atom. The fourth-order valence-corrected chi connectivity index (χ4v) is 1.36. The van der Waals surface area contributed by atoms with Gasteiger partial charge in [-0.05, 0) is 29.8 Å². The summed E-state index contributed by atoms with van der Waals surface area (Å²) >= 11 is 0. The first-order valence-electron chi connectivity index (χ1n) is 5.04. The van der Waals surface area contributed by atoms with E-state index in [-0.39, 0.29) is 0 Å². The molecule has 76 valence electrons. The molecule has 0 fully saturated rings. The summed E-state index contributed by atoms with van der Waals surface area (Å²) in [5, 5.41) is 18.0. The lowest BCUT2D eigenvalue weighted by Gasteiger charge is -2.06. The monoisotopic (exact) mass is 192 g/mol. The zero-order valence-corrected chi connectivity index (χ0v) is 8.77. The van der Waals surface area contributed by atoms with Crippen LogP contribution in [0.25, 0.3) is 0 Å². The maximum Gasteiger partial charge on any atom is 0.488 e. The van der Waals surface area contributed by atoms with Crippen molar-refractivity contribution >= 4 is 12.6 Å². The first-order chi connectivity index (χ1) is 6.59. The average molecular weight is 192 g/mol. The fourth-order valence-electron chi connectivity index (χ4n) is 1.36. The molecule has 0 saturated heterocycles. The lowest BCUT2D eigenvalue weighted by molar-refractivity contribution is 0.425. The molecule has 0 saturated carbocycles. The van der Waals surface area contributed by atoms with Gasteiger partial charge in [0.05, 0.1) is 0 Å². The van der Waals surface area contributed by atoms with Crippen LogP contribution in [-0.4, -0.2) is 17.2 Å². The Morgan fingerprint density at radius 2 is 2.00 bits per heavy atom. The molecule has 1 rings (SSSR count). The molecule has 0 aliphatic rings. The summed E-state index contributed by atoms with van der Waals surface area (Å²) in [6.07, 6.45) is 2.13. The Labute approximate surface area is 85.7 Å². The highest BCUT2D eigenvalue weighted by atomic mass is 16.4. The predicted octanol–water partition coefficient (Wildman–Crippen LogP) is 0.955. The van der Waals surface area contributed by atoms with Crippen molar-refractivity contribution in [3.63, 3.8) is 0 Å². The van der Waals surface area contributed by atoms with Crippen molar-refractivity contribution < 1.29 is 10.0 Å². The predicted molar refractivity (Wildman–Crippen MR) is 59.4 cm³/mol. The van der Waals surface area contributed by atoms with E-state index in [9.17, 15) is 0 Å². The molecule has 0 aliphatic heterocycles. The summed E-state index contributed by atoms with van der Waals surface area (Å²) in [6, 6.07) is 7.47. The normalized spacial score (nSPS) is 10.6. The molecule has 0 radical (unpaired) electrons. The van der Waals surface area contributed by atoms with Crippen molar-refractivity contribution in [3.05, 3.63) is 29.8 Å².